The molecule has 0 bridgehead atoms. The molecule has 64 heavy (non-hydrogen) atoms. The Hall–Kier alpha value is -7.04. The summed E-state index contributed by atoms with van der Waals surface area (Å²) in [7, 11) is 0. The summed E-state index contributed by atoms with van der Waals surface area (Å²) in [6, 6.07) is 56.6. The molecule has 0 radical (unpaired) electrons. The monoisotopic (exact) mass is 834 g/mol. The Kier molecular flexibility index (Phi) is 7.88. The minimum atomic E-state index is -2.18. The molecular formula is C60H53N3O+2. The van der Waals surface area contributed by atoms with Gasteiger partial charge in [-0.25, -0.2) is 0 Å². The predicted molar refractivity (Wildman–Crippen MR) is 261 cm³/mol. The van der Waals surface area contributed by atoms with E-state index in [1.54, 1.807) is 12.1 Å². The summed E-state index contributed by atoms with van der Waals surface area (Å²) in [6.07, 6.45) is 3.14. The molecule has 3 aliphatic rings. The minimum absolute atomic E-state index is 0.181. The summed E-state index contributed by atoms with van der Waals surface area (Å²) in [6.45, 7) is 11.6. The first-order chi connectivity index (χ1) is 32.3. The molecule has 1 spiro atoms. The number of fused-ring (bicyclic) bond motifs is 5. The van der Waals surface area contributed by atoms with E-state index in [1.807, 2.05) is 12.1 Å². The number of hydrogen-bond acceptors (Lipinski definition) is 1. The maximum Gasteiger partial charge on any atom is 0.499 e. The molecule has 1 atom stereocenters. The number of ether oxygens (including phenoxy) is 1. The zero-order valence-corrected chi connectivity index (χ0v) is 37.3. The highest BCUT2D eigenvalue weighted by Crippen LogP contribution is 2.56. The van der Waals surface area contributed by atoms with E-state index in [0.717, 1.165) is 90.5 Å². The van der Waals surface area contributed by atoms with Gasteiger partial charge < -0.3 is 4.74 Å². The van der Waals surface area contributed by atoms with Crippen LogP contribution >= 0.6 is 0 Å². The van der Waals surface area contributed by atoms with E-state index < -0.39 is 12.7 Å². The maximum absolute atomic E-state index is 8.03. The lowest BCUT2D eigenvalue weighted by Crippen LogP contribution is -2.78. The maximum atomic E-state index is 8.03. The summed E-state index contributed by atoms with van der Waals surface area (Å²) in [5.74, 6) is 1.80. The Bertz CT molecular complexity index is 3480. The number of hydrogen-bond donors (Lipinski definition) is 0. The second kappa shape index (κ2) is 14.2. The van der Waals surface area contributed by atoms with Gasteiger partial charge in [-0.05, 0) is 130 Å². The molecule has 0 N–H and O–H groups in total. The Morgan fingerprint density at radius 3 is 2.05 bits per heavy atom. The van der Waals surface area contributed by atoms with Crippen LogP contribution < -0.4 is 13.9 Å². The van der Waals surface area contributed by atoms with Gasteiger partial charge >= 0.3 is 11.7 Å². The van der Waals surface area contributed by atoms with Crippen molar-refractivity contribution in [3.63, 3.8) is 0 Å². The fourth-order valence-corrected chi connectivity index (χ4v) is 10.9. The molecule has 0 amide bonds. The molecule has 0 saturated heterocycles. The lowest BCUT2D eigenvalue weighted by atomic mass is 9.85. The van der Waals surface area contributed by atoms with E-state index in [9.17, 15) is 0 Å². The number of benzene rings is 7. The second-order valence-electron chi connectivity index (χ2n) is 19.0. The van der Waals surface area contributed by atoms with E-state index in [0.29, 0.717) is 17.4 Å². The zero-order chi connectivity index (χ0) is 46.1. The topological polar surface area (TPSA) is 21.9 Å². The van der Waals surface area contributed by atoms with Gasteiger partial charge in [0.05, 0.1) is 5.56 Å². The van der Waals surface area contributed by atoms with E-state index in [1.165, 1.54) is 27.8 Å². The van der Waals surface area contributed by atoms with Gasteiger partial charge in [-0.2, -0.15) is 4.57 Å². The van der Waals surface area contributed by atoms with Crippen LogP contribution in [0.15, 0.2) is 164 Å². The van der Waals surface area contributed by atoms with Crippen molar-refractivity contribution in [1.82, 2.24) is 4.57 Å². The van der Waals surface area contributed by atoms with Crippen LogP contribution in [-0.4, -0.2) is 4.57 Å². The van der Waals surface area contributed by atoms with Crippen LogP contribution in [0.3, 0.4) is 0 Å². The van der Waals surface area contributed by atoms with Gasteiger partial charge in [0, 0.05) is 27.4 Å². The standard InChI is InChI=1S/C60H53N3O/c1-36(2)29-46-30-47(25-26-48(46)42-17-12-9-13-18-42)62-54-20-14-19-49-51-33-45(40-15-10-8-11-16-40)34-52-55-35-43(41-23-21-39(7)22-24-41)27-28-61(55)60(56(51)52)63(57(49)54)59(62)53-32-44(37(3)4)31-50(38(5)6)58(53)64-60/h8-28,30-38H,29H2,1-7H3/q+2/i7D3. The molecular weight excluding hydrogens is 779 g/mol. The molecule has 12 rings (SSSR count). The predicted octanol–water partition coefficient (Wildman–Crippen LogP) is 14.2. The Morgan fingerprint density at radius 2 is 1.33 bits per heavy atom. The third-order valence-corrected chi connectivity index (χ3v) is 13.8. The average molecular weight is 835 g/mol. The molecule has 4 heteroatoms. The van der Waals surface area contributed by atoms with E-state index >= 15 is 0 Å². The summed E-state index contributed by atoms with van der Waals surface area (Å²) in [5.41, 5.74) is 20.8. The smallest absolute Gasteiger partial charge is 0.392 e. The number of aryl methyl sites for hydroxylation is 1. The quantitative estimate of drug-likeness (QED) is 0.140. The van der Waals surface area contributed by atoms with Gasteiger partial charge in [0.15, 0.2) is 23.0 Å². The fourth-order valence-electron chi connectivity index (χ4n) is 10.9. The summed E-state index contributed by atoms with van der Waals surface area (Å²) < 4.78 is 39.5. The second-order valence-corrected chi connectivity index (χ2v) is 19.0. The van der Waals surface area contributed by atoms with Crippen molar-refractivity contribution in [3.8, 4) is 78.6 Å². The molecule has 0 fully saturated rings. The van der Waals surface area contributed by atoms with Crippen LogP contribution in [0.1, 0.15) is 85.3 Å². The van der Waals surface area contributed by atoms with Crippen molar-refractivity contribution in [1.29, 1.82) is 0 Å². The van der Waals surface area contributed by atoms with Crippen molar-refractivity contribution in [2.75, 3.05) is 0 Å². The average Bonchev–Trinajstić information content (AvgIpc) is 3.82. The lowest BCUT2D eigenvalue weighted by Gasteiger charge is -2.34. The highest BCUT2D eigenvalue weighted by atomic mass is 16.5. The number of aromatic nitrogens is 3. The SMILES string of the molecule is [2H]C([2H])([2H])c1ccc(-c2cc[n+]3c(c2)-c2cc(-c4ccccc4)cc4c2C32Oc3c(cc(C(C)C)cc3C(C)C)-c3n(-c5ccc(-c6ccccc6)c(CC(C)C)c5)c5cccc-4c5[n+]32)cc1. The number of nitrogens with zero attached hydrogens (tertiary/aromatic N) is 3. The zero-order valence-electron chi connectivity index (χ0n) is 40.3. The Balaban J connectivity index is 1.22. The van der Waals surface area contributed by atoms with Crippen molar-refractivity contribution < 1.29 is 18.0 Å². The van der Waals surface area contributed by atoms with E-state index in [2.05, 4.69) is 195 Å². The molecule has 3 aliphatic heterocycles. The molecule has 312 valence electrons. The summed E-state index contributed by atoms with van der Waals surface area (Å²) >= 11 is 0. The molecule has 5 heterocycles. The number of rotatable bonds is 8. The van der Waals surface area contributed by atoms with Crippen molar-refractivity contribution in [3.05, 3.63) is 192 Å². The Morgan fingerprint density at radius 1 is 0.594 bits per heavy atom. The highest BCUT2D eigenvalue weighted by molar-refractivity contribution is 5.99. The third kappa shape index (κ3) is 5.54. The lowest BCUT2D eigenvalue weighted by molar-refractivity contribution is -0.997. The molecule has 7 aromatic carbocycles. The first-order valence-electron chi connectivity index (χ1n) is 24.4. The van der Waals surface area contributed by atoms with Gasteiger partial charge in [-0.15, -0.1) is 9.13 Å². The molecule has 0 saturated carbocycles. The summed E-state index contributed by atoms with van der Waals surface area (Å²) in [5, 5.41) is 0. The van der Waals surface area contributed by atoms with Crippen LogP contribution in [0.5, 0.6) is 5.75 Å². The van der Waals surface area contributed by atoms with Crippen molar-refractivity contribution in [2.45, 2.75) is 72.5 Å². The first-order valence-corrected chi connectivity index (χ1v) is 22.9. The van der Waals surface area contributed by atoms with Gasteiger partial charge in [0.1, 0.15) is 16.8 Å². The molecule has 2 aromatic heterocycles. The van der Waals surface area contributed by atoms with Crippen LogP contribution in [0.2, 0.25) is 0 Å². The highest BCUT2D eigenvalue weighted by Gasteiger charge is 2.69. The summed E-state index contributed by atoms with van der Waals surface area (Å²) in [4.78, 5) is 0. The van der Waals surface area contributed by atoms with Crippen LogP contribution in [-0.2, 0) is 12.3 Å². The molecule has 9 aromatic rings. The minimum Gasteiger partial charge on any atom is -0.392 e. The van der Waals surface area contributed by atoms with E-state index in [4.69, 9.17) is 8.85 Å². The van der Waals surface area contributed by atoms with Gasteiger partial charge in [0.2, 0.25) is 5.69 Å². The Labute approximate surface area is 380 Å². The van der Waals surface area contributed by atoms with Gasteiger partial charge in [-0.3, -0.25) is 0 Å². The van der Waals surface area contributed by atoms with Gasteiger partial charge in [-0.1, -0.05) is 144 Å². The van der Waals surface area contributed by atoms with Crippen LogP contribution in [0.4, 0.5) is 0 Å². The van der Waals surface area contributed by atoms with Crippen molar-refractivity contribution in [2.24, 2.45) is 5.92 Å². The number of pyridine rings is 1. The third-order valence-electron chi connectivity index (χ3n) is 13.8. The first kappa shape index (κ1) is 35.4. The van der Waals surface area contributed by atoms with Crippen LogP contribution in [0.25, 0.3) is 83.9 Å². The number of para-hydroxylation sites is 1. The van der Waals surface area contributed by atoms with Crippen molar-refractivity contribution >= 4 is 11.0 Å². The molecule has 0 aliphatic carbocycles. The van der Waals surface area contributed by atoms with E-state index in [-0.39, 0.29) is 5.92 Å². The molecule has 1 unspecified atom stereocenters. The van der Waals surface area contributed by atoms with Crippen LogP contribution in [0, 0.1) is 12.8 Å². The largest absolute Gasteiger partial charge is 0.499 e. The van der Waals surface area contributed by atoms with Gasteiger partial charge in [0.25, 0.3) is 0 Å². The molecule has 4 nitrogen and oxygen atoms in total. The fraction of sp³-hybridized carbons (Fsp3) is 0.200. The number of imidazole rings is 1. The normalized spacial score (nSPS) is 16.0.